The highest BCUT2D eigenvalue weighted by molar-refractivity contribution is 6.31. The summed E-state index contributed by atoms with van der Waals surface area (Å²) in [5.41, 5.74) is 1.39. The number of halogens is 2. The molecule has 1 nitrogen and oxygen atoms in total. The molecule has 1 aliphatic carbocycles. The molecule has 100 valence electrons. The van der Waals surface area contributed by atoms with E-state index < -0.39 is 0 Å². The Labute approximate surface area is 114 Å². The molecule has 18 heavy (non-hydrogen) atoms. The second-order valence-electron chi connectivity index (χ2n) is 5.71. The lowest BCUT2D eigenvalue weighted by Gasteiger charge is -2.33. The van der Waals surface area contributed by atoms with Gasteiger partial charge < -0.3 is 5.32 Å². The molecule has 0 amide bonds. The molecule has 1 saturated carbocycles. The molecule has 1 aliphatic rings. The van der Waals surface area contributed by atoms with E-state index in [0.717, 1.165) is 12.1 Å². The first-order valence-electron chi connectivity index (χ1n) is 6.74. The van der Waals surface area contributed by atoms with Crippen molar-refractivity contribution in [3.05, 3.63) is 34.6 Å². The lowest BCUT2D eigenvalue weighted by Crippen LogP contribution is -2.33. The average molecular weight is 270 g/mol. The Bertz CT molecular complexity index is 399. The summed E-state index contributed by atoms with van der Waals surface area (Å²) in [4.78, 5) is 0. The van der Waals surface area contributed by atoms with Gasteiger partial charge in [0.2, 0.25) is 0 Å². The second-order valence-corrected chi connectivity index (χ2v) is 6.12. The predicted molar refractivity (Wildman–Crippen MR) is 74.3 cm³/mol. The summed E-state index contributed by atoms with van der Waals surface area (Å²) in [7, 11) is 0. The summed E-state index contributed by atoms with van der Waals surface area (Å²) in [6, 6.07) is 4.60. The Morgan fingerprint density at radius 3 is 2.67 bits per heavy atom. The van der Waals surface area contributed by atoms with Gasteiger partial charge in [0.25, 0.3) is 0 Å². The summed E-state index contributed by atoms with van der Waals surface area (Å²) in [5.74, 6) is -0.275. The second kappa shape index (κ2) is 6.03. The van der Waals surface area contributed by atoms with E-state index in [-0.39, 0.29) is 5.82 Å². The van der Waals surface area contributed by atoms with Crippen molar-refractivity contribution in [3.63, 3.8) is 0 Å². The van der Waals surface area contributed by atoms with Crippen molar-refractivity contribution in [2.45, 2.75) is 45.6 Å². The largest absolute Gasteiger partial charge is 0.312 e. The Morgan fingerprint density at radius 2 is 2.00 bits per heavy atom. The fourth-order valence-corrected chi connectivity index (χ4v) is 2.98. The van der Waals surface area contributed by atoms with Crippen LogP contribution in [0.3, 0.4) is 0 Å². The summed E-state index contributed by atoms with van der Waals surface area (Å²) in [6.45, 7) is 4.08. The zero-order valence-electron chi connectivity index (χ0n) is 10.9. The summed E-state index contributed by atoms with van der Waals surface area (Å²) < 4.78 is 12.9. The first kappa shape index (κ1) is 13.8. The molecule has 0 heterocycles. The van der Waals surface area contributed by atoms with E-state index in [1.165, 1.54) is 44.2 Å². The van der Waals surface area contributed by atoms with Gasteiger partial charge in [-0.1, -0.05) is 43.9 Å². The number of benzene rings is 1. The highest BCUT2D eigenvalue weighted by Gasteiger charge is 2.25. The van der Waals surface area contributed by atoms with Gasteiger partial charge in [-0.2, -0.15) is 0 Å². The minimum atomic E-state index is -0.275. The van der Waals surface area contributed by atoms with E-state index in [1.54, 1.807) is 6.07 Å². The zero-order chi connectivity index (χ0) is 13.0. The van der Waals surface area contributed by atoms with Gasteiger partial charge in [0, 0.05) is 18.1 Å². The molecule has 1 aromatic carbocycles. The van der Waals surface area contributed by atoms with Crippen LogP contribution < -0.4 is 5.32 Å². The van der Waals surface area contributed by atoms with Crippen LogP contribution in [-0.2, 0) is 6.54 Å². The van der Waals surface area contributed by atoms with E-state index in [0.29, 0.717) is 17.0 Å². The minimum absolute atomic E-state index is 0.275. The van der Waals surface area contributed by atoms with Crippen LogP contribution in [0.15, 0.2) is 18.2 Å². The Morgan fingerprint density at radius 1 is 1.28 bits per heavy atom. The maximum Gasteiger partial charge on any atom is 0.124 e. The maximum atomic E-state index is 12.9. The van der Waals surface area contributed by atoms with Crippen molar-refractivity contribution in [2.75, 3.05) is 6.54 Å². The molecular weight excluding hydrogens is 249 g/mol. The number of nitrogens with one attached hydrogen (secondary N) is 1. The van der Waals surface area contributed by atoms with E-state index in [4.69, 9.17) is 11.6 Å². The smallest absolute Gasteiger partial charge is 0.124 e. The van der Waals surface area contributed by atoms with Gasteiger partial charge in [-0.3, -0.25) is 0 Å². The standard InChI is InChI=1S/C15H21ClFN/c1-15(7-3-2-4-8-15)11-18-10-12-5-6-13(17)9-14(12)16/h5-6,9,18H,2-4,7-8,10-11H2,1H3. The van der Waals surface area contributed by atoms with Crippen LogP contribution in [0, 0.1) is 11.2 Å². The zero-order valence-corrected chi connectivity index (χ0v) is 11.7. The lowest BCUT2D eigenvalue weighted by atomic mass is 9.76. The van der Waals surface area contributed by atoms with E-state index in [1.807, 2.05) is 0 Å². The fourth-order valence-electron chi connectivity index (χ4n) is 2.75. The fraction of sp³-hybridized carbons (Fsp3) is 0.600. The Kier molecular flexibility index (Phi) is 4.63. The van der Waals surface area contributed by atoms with E-state index >= 15 is 0 Å². The number of hydrogen-bond acceptors (Lipinski definition) is 1. The van der Waals surface area contributed by atoms with Crippen molar-refractivity contribution in [3.8, 4) is 0 Å². The van der Waals surface area contributed by atoms with Gasteiger partial charge in [0.1, 0.15) is 5.82 Å². The van der Waals surface area contributed by atoms with Gasteiger partial charge in [-0.05, 0) is 36.0 Å². The van der Waals surface area contributed by atoms with Crippen LogP contribution >= 0.6 is 11.6 Å². The van der Waals surface area contributed by atoms with Crippen LogP contribution in [-0.4, -0.2) is 6.54 Å². The quantitative estimate of drug-likeness (QED) is 0.846. The van der Waals surface area contributed by atoms with E-state index in [9.17, 15) is 4.39 Å². The van der Waals surface area contributed by atoms with E-state index in [2.05, 4.69) is 12.2 Å². The third-order valence-corrected chi connectivity index (χ3v) is 4.29. The van der Waals surface area contributed by atoms with Crippen molar-refractivity contribution in [2.24, 2.45) is 5.41 Å². The van der Waals surface area contributed by atoms with Crippen LogP contribution in [0.25, 0.3) is 0 Å². The van der Waals surface area contributed by atoms with Gasteiger partial charge in [-0.25, -0.2) is 4.39 Å². The molecule has 0 aliphatic heterocycles. The summed E-state index contributed by atoms with van der Waals surface area (Å²) in [5, 5.41) is 3.98. The third kappa shape index (κ3) is 3.69. The van der Waals surface area contributed by atoms with Gasteiger partial charge >= 0.3 is 0 Å². The SMILES string of the molecule is CC1(CNCc2ccc(F)cc2Cl)CCCCC1. The molecule has 0 unspecified atom stereocenters. The first-order valence-corrected chi connectivity index (χ1v) is 7.12. The van der Waals surface area contributed by atoms with Gasteiger partial charge in [-0.15, -0.1) is 0 Å². The van der Waals surface area contributed by atoms with Crippen LogP contribution in [0.1, 0.15) is 44.6 Å². The molecule has 3 heteroatoms. The molecule has 1 N–H and O–H groups in total. The molecule has 0 atom stereocenters. The van der Waals surface area contributed by atoms with Crippen molar-refractivity contribution >= 4 is 11.6 Å². The molecule has 0 radical (unpaired) electrons. The monoisotopic (exact) mass is 269 g/mol. The Hall–Kier alpha value is -0.600. The van der Waals surface area contributed by atoms with Crippen molar-refractivity contribution in [1.29, 1.82) is 0 Å². The molecule has 0 spiro atoms. The normalized spacial score (nSPS) is 18.8. The summed E-state index contributed by atoms with van der Waals surface area (Å²) >= 11 is 6.01. The molecular formula is C15H21ClFN. The molecule has 1 aromatic rings. The van der Waals surface area contributed by atoms with Crippen LogP contribution in [0.2, 0.25) is 5.02 Å². The minimum Gasteiger partial charge on any atom is -0.312 e. The highest BCUT2D eigenvalue weighted by Crippen LogP contribution is 2.35. The van der Waals surface area contributed by atoms with Gasteiger partial charge in [0.05, 0.1) is 0 Å². The highest BCUT2D eigenvalue weighted by atomic mass is 35.5. The van der Waals surface area contributed by atoms with Crippen LogP contribution in [0.5, 0.6) is 0 Å². The molecule has 0 bridgehead atoms. The summed E-state index contributed by atoms with van der Waals surface area (Å²) in [6.07, 6.45) is 6.67. The molecule has 0 saturated heterocycles. The van der Waals surface area contributed by atoms with Gasteiger partial charge in [0.15, 0.2) is 0 Å². The lowest BCUT2D eigenvalue weighted by molar-refractivity contribution is 0.207. The topological polar surface area (TPSA) is 12.0 Å². The molecule has 1 fully saturated rings. The maximum absolute atomic E-state index is 12.9. The first-order chi connectivity index (χ1) is 8.59. The average Bonchev–Trinajstić information content (AvgIpc) is 2.33. The molecule has 2 rings (SSSR count). The third-order valence-electron chi connectivity index (χ3n) is 3.94. The van der Waals surface area contributed by atoms with Crippen molar-refractivity contribution < 1.29 is 4.39 Å². The van der Waals surface area contributed by atoms with Crippen molar-refractivity contribution in [1.82, 2.24) is 5.32 Å². The number of rotatable bonds is 4. The number of hydrogen-bond donors (Lipinski definition) is 1. The Balaban J connectivity index is 1.84. The molecule has 0 aromatic heterocycles. The predicted octanol–water partition coefficient (Wildman–Crippen LogP) is 4.54. The van der Waals surface area contributed by atoms with Crippen LogP contribution in [0.4, 0.5) is 4.39 Å².